The quantitative estimate of drug-likeness (QED) is 0.117. The summed E-state index contributed by atoms with van der Waals surface area (Å²) in [6.45, 7) is 0. The highest BCUT2D eigenvalue weighted by molar-refractivity contribution is 7.80. The number of phenolic OH excluding ortho intramolecular Hbond substituents is 1. The number of H-pyrrole nitrogens is 1. The fourth-order valence-electron chi connectivity index (χ4n) is 3.22. The normalized spacial score (nSPS) is 14.0. The number of hydrogen-bond acceptors (Lipinski definition) is 9. The van der Waals surface area contributed by atoms with Crippen LogP contribution in [0.4, 0.5) is 0 Å². The van der Waals surface area contributed by atoms with Gasteiger partial charge in [-0.05, 0) is 17.7 Å². The van der Waals surface area contributed by atoms with Gasteiger partial charge in [0.25, 0.3) is 0 Å². The Kier molecular flexibility index (Phi) is 10.9. The molecule has 1 heterocycles. The summed E-state index contributed by atoms with van der Waals surface area (Å²) in [5.41, 5.74) is 12.2. The number of imidazole rings is 1. The molecular weight excluding hydrogens is 506 g/mol. The van der Waals surface area contributed by atoms with Crippen LogP contribution in [-0.4, -0.2) is 79.7 Å². The van der Waals surface area contributed by atoms with Crippen LogP contribution < -0.4 is 27.4 Å². The van der Waals surface area contributed by atoms with Gasteiger partial charge in [-0.3, -0.25) is 19.2 Å². The van der Waals surface area contributed by atoms with Gasteiger partial charge in [-0.2, -0.15) is 12.6 Å². The molecular formula is C22H29N7O7S. The molecule has 15 heteroatoms. The van der Waals surface area contributed by atoms with Crippen LogP contribution in [0.3, 0.4) is 0 Å². The average molecular weight is 536 g/mol. The van der Waals surface area contributed by atoms with Crippen LogP contribution in [0.25, 0.3) is 0 Å². The Balaban J connectivity index is 2.15. The zero-order valence-corrected chi connectivity index (χ0v) is 20.5. The topological polar surface area (TPSA) is 243 Å². The van der Waals surface area contributed by atoms with Crippen molar-refractivity contribution >= 4 is 42.2 Å². The highest BCUT2D eigenvalue weighted by Crippen LogP contribution is 2.12. The molecule has 0 aliphatic heterocycles. The van der Waals surface area contributed by atoms with Gasteiger partial charge in [0.2, 0.25) is 23.6 Å². The average Bonchev–Trinajstić information content (AvgIpc) is 3.35. The van der Waals surface area contributed by atoms with Gasteiger partial charge >= 0.3 is 5.97 Å². The Morgan fingerprint density at radius 1 is 0.946 bits per heavy atom. The third-order valence-electron chi connectivity index (χ3n) is 5.18. The second-order valence-corrected chi connectivity index (χ2v) is 8.50. The monoisotopic (exact) mass is 535 g/mol. The molecule has 0 saturated carbocycles. The molecule has 0 radical (unpaired) electrons. The van der Waals surface area contributed by atoms with E-state index >= 15 is 0 Å². The van der Waals surface area contributed by atoms with Gasteiger partial charge in [-0.15, -0.1) is 0 Å². The molecule has 4 unspecified atom stereocenters. The fraction of sp³-hybridized carbons (Fsp3) is 0.364. The SMILES string of the molecule is NC(=O)CC(NC(=O)C(CS)NC(=O)C(Cc1ccc(O)cc1)NC(=O)C(N)Cc1cnc[nH]1)C(=O)O. The lowest BCUT2D eigenvalue weighted by molar-refractivity contribution is -0.143. The number of carbonyl (C=O) groups excluding carboxylic acids is 4. The number of nitrogens with two attached hydrogens (primary N) is 2. The number of aromatic hydroxyl groups is 1. The van der Waals surface area contributed by atoms with E-state index in [1.165, 1.54) is 24.7 Å². The number of rotatable bonds is 14. The molecule has 1 aromatic carbocycles. The third kappa shape index (κ3) is 9.46. The number of primary amides is 1. The van der Waals surface area contributed by atoms with Crippen molar-refractivity contribution in [3.8, 4) is 5.75 Å². The first-order valence-electron chi connectivity index (χ1n) is 11.0. The number of phenols is 1. The minimum absolute atomic E-state index is 0.00567. The van der Waals surface area contributed by atoms with Crippen molar-refractivity contribution in [1.82, 2.24) is 25.9 Å². The molecule has 2 rings (SSSR count). The second-order valence-electron chi connectivity index (χ2n) is 8.13. The van der Waals surface area contributed by atoms with Gasteiger partial charge in [-0.1, -0.05) is 12.1 Å². The molecule has 0 bridgehead atoms. The summed E-state index contributed by atoms with van der Waals surface area (Å²) in [5.74, 6) is -4.98. The Bertz CT molecular complexity index is 1100. The summed E-state index contributed by atoms with van der Waals surface area (Å²) in [6, 6.07) is 0.800. The smallest absolute Gasteiger partial charge is 0.326 e. The summed E-state index contributed by atoms with van der Waals surface area (Å²) < 4.78 is 0. The zero-order valence-electron chi connectivity index (χ0n) is 19.6. The molecule has 200 valence electrons. The van der Waals surface area contributed by atoms with Crippen LogP contribution in [0.1, 0.15) is 17.7 Å². The molecule has 10 N–H and O–H groups in total. The maximum Gasteiger partial charge on any atom is 0.326 e. The standard InChI is InChI=1S/C22H29N7O7S/c23-14(6-12-8-25-10-26-12)19(32)27-15(5-11-1-3-13(30)4-2-11)20(33)29-17(9-37)21(34)28-16(22(35)36)7-18(24)31/h1-4,8,10,14-17,30,37H,5-7,9,23H2,(H2,24,31)(H,25,26)(H,27,32)(H,28,34)(H,29,33)(H,35,36). The lowest BCUT2D eigenvalue weighted by Gasteiger charge is -2.24. The van der Waals surface area contributed by atoms with Crippen molar-refractivity contribution in [2.75, 3.05) is 5.75 Å². The number of carboxylic acid groups (broad SMARTS) is 1. The summed E-state index contributed by atoms with van der Waals surface area (Å²) in [7, 11) is 0. The van der Waals surface area contributed by atoms with Gasteiger partial charge in [0.1, 0.15) is 23.9 Å². The van der Waals surface area contributed by atoms with Crippen LogP contribution in [0.5, 0.6) is 5.75 Å². The van der Waals surface area contributed by atoms with E-state index in [4.69, 9.17) is 11.5 Å². The molecule has 0 fully saturated rings. The molecule has 0 aliphatic carbocycles. The van der Waals surface area contributed by atoms with E-state index in [1.807, 2.05) is 0 Å². The van der Waals surface area contributed by atoms with E-state index in [9.17, 15) is 34.2 Å². The number of aromatic amines is 1. The number of aromatic nitrogens is 2. The van der Waals surface area contributed by atoms with E-state index in [1.54, 1.807) is 12.1 Å². The molecule has 4 amide bonds. The number of benzene rings is 1. The lowest BCUT2D eigenvalue weighted by atomic mass is 10.0. The number of hydrogen-bond donors (Lipinski definition) is 9. The Morgan fingerprint density at radius 2 is 1.54 bits per heavy atom. The van der Waals surface area contributed by atoms with Crippen molar-refractivity contribution in [1.29, 1.82) is 0 Å². The highest BCUT2D eigenvalue weighted by atomic mass is 32.1. The zero-order chi connectivity index (χ0) is 27.5. The predicted molar refractivity (Wildman–Crippen MR) is 133 cm³/mol. The Hall–Kier alpha value is -4.11. The first kappa shape index (κ1) is 29.1. The predicted octanol–water partition coefficient (Wildman–Crippen LogP) is -2.43. The van der Waals surface area contributed by atoms with Crippen LogP contribution >= 0.6 is 12.6 Å². The maximum absolute atomic E-state index is 13.1. The van der Waals surface area contributed by atoms with E-state index < -0.39 is 60.2 Å². The van der Waals surface area contributed by atoms with Gasteiger partial charge < -0.3 is 42.6 Å². The third-order valence-corrected chi connectivity index (χ3v) is 5.54. The summed E-state index contributed by atoms with van der Waals surface area (Å²) in [4.78, 5) is 67.6. The highest BCUT2D eigenvalue weighted by Gasteiger charge is 2.30. The summed E-state index contributed by atoms with van der Waals surface area (Å²) in [5, 5.41) is 25.9. The fourth-order valence-corrected chi connectivity index (χ4v) is 3.48. The maximum atomic E-state index is 13.1. The number of aliphatic carboxylic acids is 1. The van der Waals surface area contributed by atoms with Crippen molar-refractivity contribution in [3.63, 3.8) is 0 Å². The number of nitrogens with zero attached hydrogens (tertiary/aromatic N) is 1. The van der Waals surface area contributed by atoms with Gasteiger partial charge in [0, 0.05) is 30.5 Å². The number of nitrogens with one attached hydrogen (secondary N) is 4. The molecule has 1 aromatic heterocycles. The Labute approximate surface area is 217 Å². The number of carbonyl (C=O) groups is 5. The number of amides is 4. The molecule has 4 atom stereocenters. The largest absolute Gasteiger partial charge is 0.508 e. The minimum atomic E-state index is -1.60. The lowest BCUT2D eigenvalue weighted by Crippen LogP contribution is -2.58. The first-order chi connectivity index (χ1) is 17.5. The van der Waals surface area contributed by atoms with Gasteiger partial charge in [0.15, 0.2) is 0 Å². The van der Waals surface area contributed by atoms with E-state index in [0.29, 0.717) is 11.3 Å². The van der Waals surface area contributed by atoms with Gasteiger partial charge in [0.05, 0.1) is 18.8 Å². The first-order valence-corrected chi connectivity index (χ1v) is 11.7. The van der Waals surface area contributed by atoms with Crippen molar-refractivity contribution in [3.05, 3.63) is 48.0 Å². The Morgan fingerprint density at radius 3 is 2.08 bits per heavy atom. The summed E-state index contributed by atoms with van der Waals surface area (Å²) >= 11 is 4.05. The molecule has 0 spiro atoms. The second kappa shape index (κ2) is 13.8. The number of carboxylic acids is 1. The molecule has 0 saturated heterocycles. The number of thiol groups is 1. The van der Waals surface area contributed by atoms with E-state index in [2.05, 4.69) is 38.5 Å². The molecule has 14 nitrogen and oxygen atoms in total. The van der Waals surface area contributed by atoms with Crippen LogP contribution in [0.15, 0.2) is 36.8 Å². The van der Waals surface area contributed by atoms with Crippen LogP contribution in [-0.2, 0) is 36.8 Å². The van der Waals surface area contributed by atoms with Crippen molar-refractivity contribution < 1.29 is 34.2 Å². The minimum Gasteiger partial charge on any atom is -0.508 e. The van der Waals surface area contributed by atoms with Gasteiger partial charge in [-0.25, -0.2) is 9.78 Å². The van der Waals surface area contributed by atoms with Crippen molar-refractivity contribution in [2.24, 2.45) is 11.5 Å². The molecule has 37 heavy (non-hydrogen) atoms. The van der Waals surface area contributed by atoms with Crippen LogP contribution in [0.2, 0.25) is 0 Å². The summed E-state index contributed by atoms with van der Waals surface area (Å²) in [6.07, 6.45) is 2.39. The van der Waals surface area contributed by atoms with Crippen LogP contribution in [0, 0.1) is 0 Å². The molecule has 0 aliphatic rings. The van der Waals surface area contributed by atoms with Crippen molar-refractivity contribution in [2.45, 2.75) is 43.4 Å². The van der Waals surface area contributed by atoms with E-state index in [0.717, 1.165) is 0 Å². The molecule has 2 aromatic rings. The van der Waals surface area contributed by atoms with E-state index in [-0.39, 0.29) is 24.3 Å².